The van der Waals surface area contributed by atoms with Gasteiger partial charge in [0.15, 0.2) is 11.5 Å². The van der Waals surface area contributed by atoms with Gasteiger partial charge >= 0.3 is 5.97 Å². The van der Waals surface area contributed by atoms with Crippen LogP contribution in [0.3, 0.4) is 0 Å². The Morgan fingerprint density at radius 2 is 2.42 bits per heavy atom. The molecule has 1 aromatic rings. The second kappa shape index (κ2) is 3.62. The quantitative estimate of drug-likeness (QED) is 0.695. The van der Waals surface area contributed by atoms with Gasteiger partial charge in [0.05, 0.1) is 7.11 Å². The number of rotatable bonds is 1. The number of aromatic nitrogens is 1. The first-order valence-corrected chi connectivity index (χ1v) is 3.84. The van der Waals surface area contributed by atoms with Crippen LogP contribution in [0.1, 0.15) is 10.5 Å². The van der Waals surface area contributed by atoms with Crippen LogP contribution in [-0.4, -0.2) is 18.1 Å². The maximum absolute atomic E-state index is 12.9. The maximum atomic E-state index is 12.9. The monoisotopic (exact) mass is 233 g/mol. The van der Waals surface area contributed by atoms with Gasteiger partial charge in [-0.05, 0) is 22.0 Å². The topological polar surface area (TPSA) is 39.2 Å². The van der Waals surface area contributed by atoms with Crippen LogP contribution >= 0.6 is 15.9 Å². The Kier molecular flexibility index (Phi) is 2.75. The summed E-state index contributed by atoms with van der Waals surface area (Å²) < 4.78 is 17.7. The molecule has 0 saturated heterocycles. The van der Waals surface area contributed by atoms with E-state index in [1.807, 2.05) is 0 Å². The van der Waals surface area contributed by atoms with Gasteiger partial charge in [-0.2, -0.15) is 0 Å². The Hall–Kier alpha value is -0.970. The van der Waals surface area contributed by atoms with Gasteiger partial charge in [-0.3, -0.25) is 0 Å². The smallest absolute Gasteiger partial charge is 0.359 e. The average Bonchev–Trinajstić information content (AvgIpc) is 2.03. The summed E-state index contributed by atoms with van der Waals surface area (Å²) in [5.74, 6) is -1.48. The average molecular weight is 234 g/mol. The fourth-order valence-corrected chi connectivity index (χ4v) is 0.965. The molecule has 1 heterocycles. The van der Waals surface area contributed by atoms with Gasteiger partial charge in [-0.1, -0.05) is 0 Å². The molecule has 12 heavy (non-hydrogen) atoms. The minimum Gasteiger partial charge on any atom is -0.464 e. The van der Waals surface area contributed by atoms with Crippen LogP contribution in [0, 0.1) is 5.82 Å². The molecule has 0 radical (unpaired) electrons. The van der Waals surface area contributed by atoms with E-state index in [2.05, 4.69) is 25.7 Å². The molecule has 0 amide bonds. The lowest BCUT2D eigenvalue weighted by Crippen LogP contribution is -2.06. The summed E-state index contributed by atoms with van der Waals surface area (Å²) in [5, 5.41) is 0. The summed E-state index contributed by atoms with van der Waals surface area (Å²) in [4.78, 5) is 14.4. The van der Waals surface area contributed by atoms with Crippen molar-refractivity contribution < 1.29 is 13.9 Å². The molecule has 0 fully saturated rings. The van der Waals surface area contributed by atoms with Crippen molar-refractivity contribution in [3.05, 3.63) is 28.2 Å². The summed E-state index contributed by atoms with van der Waals surface area (Å²) in [6, 6.07) is 1.15. The van der Waals surface area contributed by atoms with E-state index in [4.69, 9.17) is 0 Å². The lowest BCUT2D eigenvalue weighted by Gasteiger charge is -1.99. The first-order chi connectivity index (χ1) is 5.65. The van der Waals surface area contributed by atoms with E-state index in [9.17, 15) is 9.18 Å². The van der Waals surface area contributed by atoms with Gasteiger partial charge in [0.1, 0.15) is 0 Å². The number of halogens is 2. The fraction of sp³-hybridized carbons (Fsp3) is 0.143. The Labute approximate surface area is 76.7 Å². The third-order valence-electron chi connectivity index (χ3n) is 1.19. The molecule has 0 saturated carbocycles. The standard InChI is InChI=1S/C7H5BrFNO2/c1-12-7(11)6-5(9)2-4(8)3-10-6/h2-3H,1H3. The highest BCUT2D eigenvalue weighted by molar-refractivity contribution is 9.10. The zero-order valence-electron chi connectivity index (χ0n) is 6.17. The third-order valence-corrected chi connectivity index (χ3v) is 1.62. The minimum atomic E-state index is -0.778. The van der Waals surface area contributed by atoms with Crippen molar-refractivity contribution in [2.24, 2.45) is 0 Å². The molecule has 3 nitrogen and oxygen atoms in total. The van der Waals surface area contributed by atoms with Gasteiger partial charge in [0, 0.05) is 10.7 Å². The van der Waals surface area contributed by atoms with Crippen LogP contribution in [0.2, 0.25) is 0 Å². The van der Waals surface area contributed by atoms with E-state index < -0.39 is 11.8 Å². The van der Waals surface area contributed by atoms with E-state index in [-0.39, 0.29) is 5.69 Å². The SMILES string of the molecule is COC(=O)c1ncc(Br)cc1F. The summed E-state index contributed by atoms with van der Waals surface area (Å²) in [7, 11) is 1.17. The van der Waals surface area contributed by atoms with Crippen molar-refractivity contribution in [1.29, 1.82) is 0 Å². The van der Waals surface area contributed by atoms with E-state index in [1.165, 1.54) is 13.3 Å². The Morgan fingerprint density at radius 1 is 1.75 bits per heavy atom. The van der Waals surface area contributed by atoms with Gasteiger partial charge in [0.2, 0.25) is 0 Å². The zero-order valence-corrected chi connectivity index (χ0v) is 7.76. The first kappa shape index (κ1) is 9.12. The van der Waals surface area contributed by atoms with Gasteiger partial charge < -0.3 is 4.74 Å². The molecule has 1 rings (SSSR count). The number of hydrogen-bond donors (Lipinski definition) is 0. The minimum absolute atomic E-state index is 0.305. The highest BCUT2D eigenvalue weighted by Gasteiger charge is 2.13. The third kappa shape index (κ3) is 1.79. The predicted molar refractivity (Wildman–Crippen MR) is 43.2 cm³/mol. The molecular weight excluding hydrogens is 229 g/mol. The van der Waals surface area contributed by atoms with Crippen LogP contribution in [0.4, 0.5) is 4.39 Å². The molecule has 0 atom stereocenters. The van der Waals surface area contributed by atoms with E-state index in [1.54, 1.807) is 0 Å². The van der Waals surface area contributed by atoms with Gasteiger partial charge in [-0.15, -0.1) is 0 Å². The Morgan fingerprint density at radius 3 is 2.92 bits per heavy atom. The van der Waals surface area contributed by atoms with E-state index in [0.717, 1.165) is 6.07 Å². The normalized spacial score (nSPS) is 9.58. The van der Waals surface area contributed by atoms with Crippen LogP contribution in [0.5, 0.6) is 0 Å². The summed E-state index contributed by atoms with van der Waals surface area (Å²) in [6.07, 6.45) is 1.33. The Bertz CT molecular complexity index is 316. The van der Waals surface area contributed by atoms with E-state index in [0.29, 0.717) is 4.47 Å². The maximum Gasteiger partial charge on any atom is 0.359 e. The van der Waals surface area contributed by atoms with Gasteiger partial charge in [-0.25, -0.2) is 14.2 Å². The molecule has 0 aromatic carbocycles. The number of nitrogens with zero attached hydrogens (tertiary/aromatic N) is 1. The molecule has 1 aromatic heterocycles. The molecule has 0 aliphatic heterocycles. The first-order valence-electron chi connectivity index (χ1n) is 3.04. The highest BCUT2D eigenvalue weighted by Crippen LogP contribution is 2.12. The van der Waals surface area contributed by atoms with Crippen LogP contribution in [0.25, 0.3) is 0 Å². The second-order valence-electron chi connectivity index (χ2n) is 1.98. The highest BCUT2D eigenvalue weighted by atomic mass is 79.9. The van der Waals surface area contributed by atoms with Crippen molar-refractivity contribution in [2.45, 2.75) is 0 Å². The summed E-state index contributed by atoms with van der Waals surface area (Å²) in [6.45, 7) is 0. The van der Waals surface area contributed by atoms with Gasteiger partial charge in [0.25, 0.3) is 0 Å². The number of carbonyl (C=O) groups excluding carboxylic acids is 1. The van der Waals surface area contributed by atoms with Crippen LogP contribution in [0.15, 0.2) is 16.7 Å². The second-order valence-corrected chi connectivity index (χ2v) is 2.89. The molecule has 64 valence electrons. The number of methoxy groups -OCH3 is 1. The van der Waals surface area contributed by atoms with E-state index >= 15 is 0 Å². The van der Waals surface area contributed by atoms with Crippen molar-refractivity contribution in [3.8, 4) is 0 Å². The lowest BCUT2D eigenvalue weighted by atomic mass is 10.3. The Balaban J connectivity index is 3.09. The number of hydrogen-bond acceptors (Lipinski definition) is 3. The number of esters is 1. The summed E-state index contributed by atoms with van der Waals surface area (Å²) in [5.41, 5.74) is -0.305. The molecular formula is C7H5BrFNO2. The molecule has 0 aliphatic rings. The molecule has 0 unspecified atom stereocenters. The largest absolute Gasteiger partial charge is 0.464 e. The van der Waals surface area contributed by atoms with Crippen molar-refractivity contribution in [2.75, 3.05) is 7.11 Å². The van der Waals surface area contributed by atoms with Crippen LogP contribution < -0.4 is 0 Å². The molecule has 0 spiro atoms. The van der Waals surface area contributed by atoms with Crippen molar-refractivity contribution in [3.63, 3.8) is 0 Å². The molecule has 0 aliphatic carbocycles. The summed E-state index contributed by atoms with van der Waals surface area (Å²) >= 11 is 3.01. The lowest BCUT2D eigenvalue weighted by molar-refractivity contribution is 0.0588. The van der Waals surface area contributed by atoms with Crippen LogP contribution in [-0.2, 0) is 4.74 Å². The predicted octanol–water partition coefficient (Wildman–Crippen LogP) is 1.77. The number of carbonyl (C=O) groups is 1. The zero-order chi connectivity index (χ0) is 9.14. The van der Waals surface area contributed by atoms with Crippen molar-refractivity contribution >= 4 is 21.9 Å². The molecule has 0 N–H and O–H groups in total. The number of ether oxygens (including phenoxy) is 1. The molecule has 5 heteroatoms. The van der Waals surface area contributed by atoms with Crippen molar-refractivity contribution in [1.82, 2.24) is 4.98 Å². The number of pyridine rings is 1. The fourth-order valence-electron chi connectivity index (χ4n) is 0.661. The molecule has 0 bridgehead atoms.